The molecule has 0 unspecified atom stereocenters. The highest BCUT2D eigenvalue weighted by molar-refractivity contribution is 5.93. The van der Waals surface area contributed by atoms with Crippen molar-refractivity contribution in [1.29, 1.82) is 0 Å². The molecule has 0 fully saturated rings. The Hall–Kier alpha value is -1.53. The van der Waals surface area contributed by atoms with Gasteiger partial charge in [-0.2, -0.15) is 0 Å². The number of pyridine rings is 1. The fraction of sp³-hybridized carbons (Fsp3) is 0.500. The zero-order valence-electron chi connectivity index (χ0n) is 10.4. The van der Waals surface area contributed by atoms with Gasteiger partial charge in [0.25, 0.3) is 5.91 Å². The van der Waals surface area contributed by atoms with E-state index in [1.54, 1.807) is 12.0 Å². The average Bonchev–Trinajstić information content (AvgIpc) is 2.38. The average molecular weight is 255 g/mol. The summed E-state index contributed by atoms with van der Waals surface area (Å²) in [6.45, 7) is 1.90. The maximum atomic E-state index is 13.0. The Bertz CT molecular complexity index is 379. The van der Waals surface area contributed by atoms with E-state index in [4.69, 9.17) is 10.5 Å². The molecular formula is C12H18FN3O2. The minimum absolute atomic E-state index is 0.239. The van der Waals surface area contributed by atoms with Crippen LogP contribution < -0.4 is 5.73 Å². The minimum Gasteiger partial charge on any atom is -0.383 e. The lowest BCUT2D eigenvalue weighted by atomic mass is 10.2. The fourth-order valence-electron chi connectivity index (χ4n) is 1.51. The predicted octanol–water partition coefficient (Wildman–Crippen LogP) is 0.658. The van der Waals surface area contributed by atoms with Crippen molar-refractivity contribution in [2.24, 2.45) is 5.73 Å². The first-order valence-electron chi connectivity index (χ1n) is 5.78. The van der Waals surface area contributed by atoms with Crippen LogP contribution in [0.25, 0.3) is 0 Å². The normalized spacial score (nSPS) is 10.4. The molecule has 0 saturated carbocycles. The van der Waals surface area contributed by atoms with Crippen molar-refractivity contribution in [1.82, 2.24) is 9.88 Å². The Morgan fingerprint density at radius 3 is 2.89 bits per heavy atom. The predicted molar refractivity (Wildman–Crippen MR) is 65.6 cm³/mol. The van der Waals surface area contributed by atoms with Crippen molar-refractivity contribution in [2.45, 2.75) is 6.42 Å². The first-order valence-corrected chi connectivity index (χ1v) is 5.78. The number of hydrogen-bond donors (Lipinski definition) is 1. The number of nitrogens with zero attached hydrogens (tertiary/aromatic N) is 2. The van der Waals surface area contributed by atoms with E-state index in [9.17, 15) is 9.18 Å². The van der Waals surface area contributed by atoms with Gasteiger partial charge in [-0.3, -0.25) is 9.78 Å². The summed E-state index contributed by atoms with van der Waals surface area (Å²) < 4.78 is 18.0. The van der Waals surface area contributed by atoms with Gasteiger partial charge >= 0.3 is 0 Å². The van der Waals surface area contributed by atoms with Crippen molar-refractivity contribution < 1.29 is 13.9 Å². The number of ether oxygens (including phenoxy) is 1. The molecule has 0 saturated heterocycles. The van der Waals surface area contributed by atoms with Crippen molar-refractivity contribution >= 4 is 5.91 Å². The molecule has 100 valence electrons. The van der Waals surface area contributed by atoms with Crippen molar-refractivity contribution in [3.05, 3.63) is 29.8 Å². The van der Waals surface area contributed by atoms with Crippen molar-refractivity contribution in [3.63, 3.8) is 0 Å². The van der Waals surface area contributed by atoms with Crippen LogP contribution in [-0.4, -0.2) is 49.1 Å². The molecule has 0 spiro atoms. The first kappa shape index (κ1) is 14.5. The molecule has 0 aliphatic rings. The highest BCUT2D eigenvalue weighted by Gasteiger charge is 2.15. The van der Waals surface area contributed by atoms with Gasteiger partial charge in [-0.1, -0.05) is 0 Å². The zero-order chi connectivity index (χ0) is 13.4. The second kappa shape index (κ2) is 7.73. The highest BCUT2D eigenvalue weighted by Crippen LogP contribution is 2.06. The van der Waals surface area contributed by atoms with Gasteiger partial charge in [-0.05, 0) is 19.0 Å². The summed E-state index contributed by atoms with van der Waals surface area (Å²) in [5.74, 6) is -0.779. The first-order chi connectivity index (χ1) is 8.69. The lowest BCUT2D eigenvalue weighted by Crippen LogP contribution is -2.35. The van der Waals surface area contributed by atoms with Crippen LogP contribution in [0.2, 0.25) is 0 Å². The molecule has 0 bridgehead atoms. The lowest BCUT2D eigenvalue weighted by Gasteiger charge is -2.22. The number of carbonyl (C=O) groups is 1. The largest absolute Gasteiger partial charge is 0.383 e. The molecule has 2 N–H and O–H groups in total. The van der Waals surface area contributed by atoms with E-state index >= 15 is 0 Å². The Kier molecular flexibility index (Phi) is 6.24. The number of amides is 1. The summed E-state index contributed by atoms with van der Waals surface area (Å²) >= 11 is 0. The summed E-state index contributed by atoms with van der Waals surface area (Å²) in [5.41, 5.74) is 5.67. The van der Waals surface area contributed by atoms with Crippen LogP contribution in [0.1, 0.15) is 16.8 Å². The number of rotatable bonds is 7. The monoisotopic (exact) mass is 255 g/mol. The van der Waals surface area contributed by atoms with Gasteiger partial charge in [0.1, 0.15) is 5.82 Å². The molecule has 1 aromatic rings. The quantitative estimate of drug-likeness (QED) is 0.777. The van der Waals surface area contributed by atoms with Gasteiger partial charge in [0.2, 0.25) is 0 Å². The molecule has 0 aliphatic carbocycles. The molecule has 0 aliphatic heterocycles. The molecule has 0 radical (unpaired) electrons. The maximum absolute atomic E-state index is 13.0. The van der Waals surface area contributed by atoms with Gasteiger partial charge in [-0.15, -0.1) is 0 Å². The zero-order valence-corrected chi connectivity index (χ0v) is 10.4. The summed E-state index contributed by atoms with van der Waals surface area (Å²) in [6, 6.07) is 1.18. The van der Waals surface area contributed by atoms with E-state index in [0.29, 0.717) is 32.7 Å². The molecule has 18 heavy (non-hydrogen) atoms. The SMILES string of the molecule is COCCN(CCCN)C(=O)c1cncc(F)c1. The third kappa shape index (κ3) is 4.38. The molecule has 5 nitrogen and oxygen atoms in total. The van der Waals surface area contributed by atoms with E-state index in [1.165, 1.54) is 12.3 Å². The van der Waals surface area contributed by atoms with Gasteiger partial charge in [0.05, 0.1) is 18.4 Å². The number of aromatic nitrogens is 1. The molecular weight excluding hydrogens is 237 g/mol. The third-order valence-corrected chi connectivity index (χ3v) is 2.44. The smallest absolute Gasteiger partial charge is 0.255 e. The van der Waals surface area contributed by atoms with E-state index in [-0.39, 0.29) is 11.5 Å². The number of methoxy groups -OCH3 is 1. The molecule has 1 heterocycles. The standard InChI is InChI=1S/C12H18FN3O2/c1-18-6-5-16(4-2-3-14)12(17)10-7-11(13)9-15-8-10/h7-9H,2-6,14H2,1H3. The van der Waals surface area contributed by atoms with Gasteiger partial charge < -0.3 is 15.4 Å². The number of hydrogen-bond acceptors (Lipinski definition) is 4. The van der Waals surface area contributed by atoms with Crippen LogP contribution in [0.3, 0.4) is 0 Å². The summed E-state index contributed by atoms with van der Waals surface area (Å²) in [7, 11) is 1.56. The fourth-order valence-corrected chi connectivity index (χ4v) is 1.51. The van der Waals surface area contributed by atoms with Crippen LogP contribution in [0, 0.1) is 5.82 Å². The maximum Gasteiger partial charge on any atom is 0.255 e. The Labute approximate surface area is 106 Å². The number of nitrogens with two attached hydrogens (primary N) is 1. The van der Waals surface area contributed by atoms with Crippen LogP contribution in [0.15, 0.2) is 18.5 Å². The van der Waals surface area contributed by atoms with E-state index in [1.807, 2.05) is 0 Å². The summed E-state index contributed by atoms with van der Waals surface area (Å²) in [6.07, 6.45) is 3.11. The van der Waals surface area contributed by atoms with Crippen LogP contribution in [0.5, 0.6) is 0 Å². The summed E-state index contributed by atoms with van der Waals surface area (Å²) in [5, 5.41) is 0. The molecule has 0 aromatic carbocycles. The Balaban J connectivity index is 2.73. The molecule has 0 atom stereocenters. The Morgan fingerprint density at radius 2 is 2.28 bits per heavy atom. The van der Waals surface area contributed by atoms with Crippen LogP contribution >= 0.6 is 0 Å². The number of carbonyl (C=O) groups excluding carboxylic acids is 1. The lowest BCUT2D eigenvalue weighted by molar-refractivity contribution is 0.0693. The second-order valence-electron chi connectivity index (χ2n) is 3.82. The molecule has 1 aromatic heterocycles. The van der Waals surface area contributed by atoms with Gasteiger partial charge in [-0.25, -0.2) is 4.39 Å². The van der Waals surface area contributed by atoms with Crippen molar-refractivity contribution in [2.75, 3.05) is 33.4 Å². The van der Waals surface area contributed by atoms with Gasteiger partial charge in [0.15, 0.2) is 0 Å². The molecule has 1 amide bonds. The molecule has 1 rings (SSSR count). The highest BCUT2D eigenvalue weighted by atomic mass is 19.1. The topological polar surface area (TPSA) is 68.5 Å². The third-order valence-electron chi connectivity index (χ3n) is 2.44. The van der Waals surface area contributed by atoms with E-state index in [2.05, 4.69) is 4.98 Å². The minimum atomic E-state index is -0.522. The Morgan fingerprint density at radius 1 is 1.50 bits per heavy atom. The van der Waals surface area contributed by atoms with Crippen molar-refractivity contribution in [3.8, 4) is 0 Å². The number of halogens is 1. The molecule has 6 heteroatoms. The van der Waals surface area contributed by atoms with E-state index < -0.39 is 5.82 Å². The second-order valence-corrected chi connectivity index (χ2v) is 3.82. The van der Waals surface area contributed by atoms with Crippen LogP contribution in [0.4, 0.5) is 4.39 Å². The van der Waals surface area contributed by atoms with Crippen LogP contribution in [-0.2, 0) is 4.74 Å². The van der Waals surface area contributed by atoms with E-state index in [0.717, 1.165) is 6.20 Å². The van der Waals surface area contributed by atoms with Gasteiger partial charge in [0, 0.05) is 26.4 Å². The summed E-state index contributed by atoms with van der Waals surface area (Å²) in [4.78, 5) is 17.4.